The van der Waals surface area contributed by atoms with Gasteiger partial charge in [-0.3, -0.25) is 4.79 Å². The first-order chi connectivity index (χ1) is 14.2. The predicted octanol–water partition coefficient (Wildman–Crippen LogP) is 7.02. The van der Waals surface area contributed by atoms with E-state index in [4.69, 9.17) is 16.0 Å². The van der Waals surface area contributed by atoms with Gasteiger partial charge in [-0.05, 0) is 59.7 Å². The van der Waals surface area contributed by atoms with Crippen LogP contribution in [0.1, 0.15) is 21.7 Å². The molecule has 3 nitrogen and oxygen atoms in total. The van der Waals surface area contributed by atoms with Crippen molar-refractivity contribution in [3.8, 4) is 11.3 Å². The predicted molar refractivity (Wildman–Crippen MR) is 119 cm³/mol. The standard InChI is InChI=1S/C25H18ClNO2/c26-21-12-10-20(11-13-21)23-16-17-24(29-23)25(28)27-22-14-8-19(9-15-22)7-6-18-4-2-1-3-5-18/h1-17H,(H,27,28)/b7-6+. The van der Waals surface area contributed by atoms with Gasteiger partial charge in [-0.15, -0.1) is 0 Å². The van der Waals surface area contributed by atoms with E-state index in [-0.39, 0.29) is 11.7 Å². The second kappa shape index (κ2) is 8.63. The number of amides is 1. The van der Waals surface area contributed by atoms with Gasteiger partial charge in [0.05, 0.1) is 0 Å². The molecule has 3 aromatic carbocycles. The molecule has 4 heteroatoms. The highest BCUT2D eigenvalue weighted by atomic mass is 35.5. The molecule has 0 radical (unpaired) electrons. The Labute approximate surface area is 174 Å². The van der Waals surface area contributed by atoms with E-state index in [9.17, 15) is 4.79 Å². The Bertz CT molecular complexity index is 1130. The van der Waals surface area contributed by atoms with E-state index in [0.29, 0.717) is 16.5 Å². The summed E-state index contributed by atoms with van der Waals surface area (Å²) in [6.07, 6.45) is 4.08. The molecule has 4 rings (SSSR count). The van der Waals surface area contributed by atoms with E-state index >= 15 is 0 Å². The Morgan fingerprint density at radius 1 is 0.759 bits per heavy atom. The maximum absolute atomic E-state index is 12.5. The molecule has 0 aliphatic carbocycles. The number of hydrogen-bond donors (Lipinski definition) is 1. The first kappa shape index (κ1) is 18.8. The Morgan fingerprint density at radius 2 is 1.41 bits per heavy atom. The molecule has 1 heterocycles. The highest BCUT2D eigenvalue weighted by Crippen LogP contribution is 2.24. The van der Waals surface area contributed by atoms with Crippen LogP contribution in [-0.4, -0.2) is 5.91 Å². The number of rotatable bonds is 5. The van der Waals surface area contributed by atoms with Gasteiger partial charge in [-0.1, -0.05) is 66.2 Å². The summed E-state index contributed by atoms with van der Waals surface area (Å²) in [6.45, 7) is 0. The fraction of sp³-hybridized carbons (Fsp3) is 0. The number of hydrogen-bond acceptors (Lipinski definition) is 2. The maximum Gasteiger partial charge on any atom is 0.291 e. The Hall–Kier alpha value is -3.56. The van der Waals surface area contributed by atoms with Crippen molar-refractivity contribution in [2.75, 3.05) is 5.32 Å². The van der Waals surface area contributed by atoms with Crippen LogP contribution in [0.5, 0.6) is 0 Å². The first-order valence-electron chi connectivity index (χ1n) is 9.18. The second-order valence-corrected chi connectivity index (χ2v) is 6.93. The molecule has 1 aromatic heterocycles. The van der Waals surface area contributed by atoms with Crippen molar-refractivity contribution in [2.24, 2.45) is 0 Å². The molecule has 0 aliphatic heterocycles. The van der Waals surface area contributed by atoms with Crippen molar-refractivity contribution in [3.05, 3.63) is 113 Å². The summed E-state index contributed by atoms with van der Waals surface area (Å²) in [5.74, 6) is 0.578. The smallest absolute Gasteiger partial charge is 0.291 e. The van der Waals surface area contributed by atoms with E-state index in [1.54, 1.807) is 24.3 Å². The van der Waals surface area contributed by atoms with E-state index in [2.05, 4.69) is 11.4 Å². The Balaban J connectivity index is 1.41. The molecule has 29 heavy (non-hydrogen) atoms. The van der Waals surface area contributed by atoms with Crippen LogP contribution in [0.3, 0.4) is 0 Å². The number of halogens is 1. The first-order valence-corrected chi connectivity index (χ1v) is 9.55. The number of furan rings is 1. The molecular weight excluding hydrogens is 382 g/mol. The maximum atomic E-state index is 12.5. The van der Waals surface area contributed by atoms with Crippen LogP contribution >= 0.6 is 11.6 Å². The average molecular weight is 400 g/mol. The minimum atomic E-state index is -0.294. The summed E-state index contributed by atoms with van der Waals surface area (Å²) in [5, 5.41) is 3.51. The molecule has 0 fully saturated rings. The van der Waals surface area contributed by atoms with Crippen molar-refractivity contribution in [2.45, 2.75) is 0 Å². The summed E-state index contributed by atoms with van der Waals surface area (Å²) in [4.78, 5) is 12.5. The highest BCUT2D eigenvalue weighted by Gasteiger charge is 2.12. The number of carbonyl (C=O) groups is 1. The summed E-state index contributed by atoms with van der Waals surface area (Å²) >= 11 is 5.91. The van der Waals surface area contributed by atoms with Crippen molar-refractivity contribution in [1.29, 1.82) is 0 Å². The van der Waals surface area contributed by atoms with Crippen molar-refractivity contribution in [3.63, 3.8) is 0 Å². The third-order valence-corrected chi connectivity index (χ3v) is 4.65. The van der Waals surface area contributed by atoms with Gasteiger partial charge in [0.25, 0.3) is 5.91 Å². The van der Waals surface area contributed by atoms with Gasteiger partial charge in [0.2, 0.25) is 0 Å². The lowest BCUT2D eigenvalue weighted by Gasteiger charge is -2.04. The van der Waals surface area contributed by atoms with Gasteiger partial charge in [-0.25, -0.2) is 0 Å². The molecular formula is C25H18ClNO2. The lowest BCUT2D eigenvalue weighted by molar-refractivity contribution is 0.0997. The van der Waals surface area contributed by atoms with E-state index in [0.717, 1.165) is 16.7 Å². The van der Waals surface area contributed by atoms with Gasteiger partial charge >= 0.3 is 0 Å². The molecule has 0 atom stereocenters. The third kappa shape index (κ3) is 4.84. The van der Waals surface area contributed by atoms with E-state index < -0.39 is 0 Å². The SMILES string of the molecule is O=C(Nc1ccc(/C=C/c2ccccc2)cc1)c1ccc(-c2ccc(Cl)cc2)o1. The quantitative estimate of drug-likeness (QED) is 0.366. The number of carbonyl (C=O) groups excluding carboxylic acids is 1. The lowest BCUT2D eigenvalue weighted by atomic mass is 10.1. The highest BCUT2D eigenvalue weighted by molar-refractivity contribution is 6.30. The van der Waals surface area contributed by atoms with Crippen molar-refractivity contribution >= 4 is 35.3 Å². The molecule has 4 aromatic rings. The number of nitrogens with one attached hydrogen (secondary N) is 1. The zero-order valence-corrected chi connectivity index (χ0v) is 16.3. The van der Waals surface area contributed by atoms with Crippen LogP contribution in [0.2, 0.25) is 5.02 Å². The Kier molecular flexibility index (Phi) is 5.59. The second-order valence-electron chi connectivity index (χ2n) is 6.49. The van der Waals surface area contributed by atoms with Crippen LogP contribution in [0.4, 0.5) is 5.69 Å². The van der Waals surface area contributed by atoms with Gasteiger partial charge < -0.3 is 9.73 Å². The summed E-state index contributed by atoms with van der Waals surface area (Å²) in [6, 6.07) is 28.5. The van der Waals surface area contributed by atoms with Gasteiger partial charge in [0, 0.05) is 16.3 Å². The van der Waals surface area contributed by atoms with E-state index in [1.807, 2.05) is 72.8 Å². The molecule has 0 spiro atoms. The normalized spacial score (nSPS) is 10.9. The van der Waals surface area contributed by atoms with Crippen LogP contribution in [0.25, 0.3) is 23.5 Å². The molecule has 0 saturated carbocycles. The van der Waals surface area contributed by atoms with Crippen LogP contribution in [-0.2, 0) is 0 Å². The third-order valence-electron chi connectivity index (χ3n) is 4.39. The van der Waals surface area contributed by atoms with Crippen molar-refractivity contribution in [1.82, 2.24) is 0 Å². The largest absolute Gasteiger partial charge is 0.451 e. The summed E-state index contributed by atoms with van der Waals surface area (Å²) in [7, 11) is 0. The van der Waals surface area contributed by atoms with Gasteiger partial charge in [0.1, 0.15) is 5.76 Å². The Morgan fingerprint density at radius 3 is 2.10 bits per heavy atom. The molecule has 1 amide bonds. The van der Waals surface area contributed by atoms with Crippen molar-refractivity contribution < 1.29 is 9.21 Å². The molecule has 0 saturated heterocycles. The topological polar surface area (TPSA) is 42.2 Å². The fourth-order valence-electron chi connectivity index (χ4n) is 2.86. The van der Waals surface area contributed by atoms with Gasteiger partial charge in [-0.2, -0.15) is 0 Å². The fourth-order valence-corrected chi connectivity index (χ4v) is 2.98. The summed E-state index contributed by atoms with van der Waals surface area (Å²) < 4.78 is 5.69. The minimum absolute atomic E-state index is 0.253. The van der Waals surface area contributed by atoms with Crippen LogP contribution in [0, 0.1) is 0 Å². The molecule has 142 valence electrons. The molecule has 0 aliphatic rings. The molecule has 0 unspecified atom stereocenters. The minimum Gasteiger partial charge on any atom is -0.451 e. The lowest BCUT2D eigenvalue weighted by Crippen LogP contribution is -2.10. The average Bonchev–Trinajstić information content (AvgIpc) is 3.25. The summed E-state index contributed by atoms with van der Waals surface area (Å²) in [5.41, 5.74) is 3.76. The monoisotopic (exact) mass is 399 g/mol. The van der Waals surface area contributed by atoms with Crippen LogP contribution in [0.15, 0.2) is 95.4 Å². The number of anilines is 1. The zero-order chi connectivity index (χ0) is 20.1. The molecule has 1 N–H and O–H groups in total. The van der Waals surface area contributed by atoms with Gasteiger partial charge in [0.15, 0.2) is 5.76 Å². The molecule has 0 bridgehead atoms. The van der Waals surface area contributed by atoms with Crippen LogP contribution < -0.4 is 5.32 Å². The zero-order valence-electron chi connectivity index (χ0n) is 15.5. The number of benzene rings is 3. The van der Waals surface area contributed by atoms with E-state index in [1.165, 1.54) is 0 Å².